The molecule has 22 heavy (non-hydrogen) atoms. The smallest absolute Gasteiger partial charge is 0.224 e. The van der Waals surface area contributed by atoms with Crippen LogP contribution in [0.15, 0.2) is 24.3 Å². The van der Waals surface area contributed by atoms with Gasteiger partial charge in [0.25, 0.3) is 0 Å². The van der Waals surface area contributed by atoms with E-state index in [4.69, 9.17) is 0 Å². The van der Waals surface area contributed by atoms with Crippen molar-refractivity contribution < 1.29 is 4.79 Å². The van der Waals surface area contributed by atoms with E-state index >= 15 is 0 Å². The van der Waals surface area contributed by atoms with E-state index in [2.05, 4.69) is 55.7 Å². The molecule has 0 aromatic heterocycles. The SMILES string of the molecule is CC(C)Cc1ccc(CC(=O)NC2CCNCC2C)cc1.Cl. The fraction of sp³-hybridized carbons (Fsp3) is 0.611. The van der Waals surface area contributed by atoms with E-state index in [9.17, 15) is 4.79 Å². The van der Waals surface area contributed by atoms with E-state index in [1.807, 2.05) is 0 Å². The molecule has 1 aromatic rings. The highest BCUT2D eigenvalue weighted by molar-refractivity contribution is 5.85. The molecule has 4 heteroatoms. The Labute approximate surface area is 140 Å². The molecule has 2 unspecified atom stereocenters. The Hall–Kier alpha value is -1.06. The Morgan fingerprint density at radius 1 is 1.27 bits per heavy atom. The van der Waals surface area contributed by atoms with Gasteiger partial charge in [0.05, 0.1) is 6.42 Å². The quantitative estimate of drug-likeness (QED) is 0.874. The molecule has 1 aliphatic heterocycles. The lowest BCUT2D eigenvalue weighted by atomic mass is 9.95. The van der Waals surface area contributed by atoms with Gasteiger partial charge in [-0.25, -0.2) is 0 Å². The minimum atomic E-state index is 0. The van der Waals surface area contributed by atoms with E-state index in [0.29, 0.717) is 24.3 Å². The van der Waals surface area contributed by atoms with E-state index in [1.165, 1.54) is 5.56 Å². The zero-order chi connectivity index (χ0) is 15.2. The molecule has 0 bridgehead atoms. The number of hydrogen-bond donors (Lipinski definition) is 2. The van der Waals surface area contributed by atoms with E-state index < -0.39 is 0 Å². The summed E-state index contributed by atoms with van der Waals surface area (Å²) >= 11 is 0. The summed E-state index contributed by atoms with van der Waals surface area (Å²) in [4.78, 5) is 12.2. The second kappa shape index (κ2) is 9.16. The number of rotatable bonds is 5. The first-order chi connectivity index (χ1) is 10.0. The monoisotopic (exact) mass is 324 g/mol. The van der Waals surface area contributed by atoms with Gasteiger partial charge in [-0.05, 0) is 48.9 Å². The highest BCUT2D eigenvalue weighted by atomic mass is 35.5. The van der Waals surface area contributed by atoms with Crippen molar-refractivity contribution >= 4 is 18.3 Å². The summed E-state index contributed by atoms with van der Waals surface area (Å²) in [6, 6.07) is 8.79. The Balaban J connectivity index is 0.00000242. The lowest BCUT2D eigenvalue weighted by Crippen LogP contribution is -2.48. The van der Waals surface area contributed by atoms with Crippen LogP contribution in [0.1, 0.15) is 38.3 Å². The van der Waals surface area contributed by atoms with Gasteiger partial charge < -0.3 is 10.6 Å². The van der Waals surface area contributed by atoms with Crippen LogP contribution in [0, 0.1) is 11.8 Å². The third kappa shape index (κ3) is 5.98. The van der Waals surface area contributed by atoms with Crippen LogP contribution in [0.3, 0.4) is 0 Å². The maximum Gasteiger partial charge on any atom is 0.224 e. The van der Waals surface area contributed by atoms with Gasteiger partial charge in [-0.1, -0.05) is 45.0 Å². The van der Waals surface area contributed by atoms with Gasteiger partial charge in [-0.2, -0.15) is 0 Å². The lowest BCUT2D eigenvalue weighted by Gasteiger charge is -2.30. The molecule has 1 aliphatic rings. The van der Waals surface area contributed by atoms with Gasteiger partial charge >= 0.3 is 0 Å². The molecule has 2 rings (SSSR count). The topological polar surface area (TPSA) is 41.1 Å². The molecule has 0 spiro atoms. The van der Waals surface area contributed by atoms with Crippen LogP contribution in [0.5, 0.6) is 0 Å². The van der Waals surface area contributed by atoms with Crippen LogP contribution < -0.4 is 10.6 Å². The zero-order valence-corrected chi connectivity index (χ0v) is 14.7. The molecule has 1 fully saturated rings. The minimum Gasteiger partial charge on any atom is -0.353 e. The van der Waals surface area contributed by atoms with E-state index in [-0.39, 0.29) is 18.3 Å². The largest absolute Gasteiger partial charge is 0.353 e. The molecule has 124 valence electrons. The van der Waals surface area contributed by atoms with Crippen molar-refractivity contribution in [2.24, 2.45) is 11.8 Å². The van der Waals surface area contributed by atoms with Crippen molar-refractivity contribution in [2.45, 2.75) is 46.1 Å². The van der Waals surface area contributed by atoms with Crippen LogP contribution in [0.2, 0.25) is 0 Å². The van der Waals surface area contributed by atoms with Crippen LogP contribution in [0.4, 0.5) is 0 Å². The van der Waals surface area contributed by atoms with Gasteiger partial charge in [0, 0.05) is 6.04 Å². The van der Waals surface area contributed by atoms with Crippen molar-refractivity contribution in [1.82, 2.24) is 10.6 Å². The number of halogens is 1. The van der Waals surface area contributed by atoms with Crippen molar-refractivity contribution in [3.63, 3.8) is 0 Å². The predicted molar refractivity (Wildman–Crippen MR) is 94.5 cm³/mol. The van der Waals surface area contributed by atoms with Gasteiger partial charge in [-0.3, -0.25) is 4.79 Å². The highest BCUT2D eigenvalue weighted by Crippen LogP contribution is 2.12. The van der Waals surface area contributed by atoms with Gasteiger partial charge in [0.2, 0.25) is 5.91 Å². The number of piperidine rings is 1. The first-order valence-electron chi connectivity index (χ1n) is 8.12. The number of carbonyl (C=O) groups is 1. The average Bonchev–Trinajstić information content (AvgIpc) is 2.43. The van der Waals surface area contributed by atoms with Crippen LogP contribution in [-0.4, -0.2) is 25.0 Å². The maximum atomic E-state index is 12.2. The van der Waals surface area contributed by atoms with E-state index in [0.717, 1.165) is 31.5 Å². The first kappa shape index (κ1) is 19.0. The van der Waals surface area contributed by atoms with Crippen molar-refractivity contribution in [3.05, 3.63) is 35.4 Å². The van der Waals surface area contributed by atoms with Gasteiger partial charge in [0.15, 0.2) is 0 Å². The van der Waals surface area contributed by atoms with Gasteiger partial charge in [0.1, 0.15) is 0 Å². The Morgan fingerprint density at radius 2 is 1.91 bits per heavy atom. The fourth-order valence-electron chi connectivity index (χ4n) is 2.94. The summed E-state index contributed by atoms with van der Waals surface area (Å²) in [5.74, 6) is 1.32. The number of hydrogen-bond acceptors (Lipinski definition) is 2. The van der Waals surface area contributed by atoms with Crippen LogP contribution in [0.25, 0.3) is 0 Å². The summed E-state index contributed by atoms with van der Waals surface area (Å²) in [5, 5.41) is 6.54. The molecule has 2 atom stereocenters. The van der Waals surface area contributed by atoms with Crippen molar-refractivity contribution in [3.8, 4) is 0 Å². The summed E-state index contributed by atoms with van der Waals surface area (Å²) in [7, 11) is 0. The molecule has 0 aliphatic carbocycles. The molecule has 1 saturated heterocycles. The fourth-order valence-corrected chi connectivity index (χ4v) is 2.94. The molecule has 1 aromatic carbocycles. The number of benzene rings is 1. The third-order valence-corrected chi connectivity index (χ3v) is 4.16. The van der Waals surface area contributed by atoms with Gasteiger partial charge in [-0.15, -0.1) is 12.4 Å². The Bertz CT molecular complexity index is 459. The summed E-state index contributed by atoms with van der Waals surface area (Å²) in [6.07, 6.45) is 2.61. The zero-order valence-electron chi connectivity index (χ0n) is 13.9. The predicted octanol–water partition coefficient (Wildman–Crippen LogP) is 2.96. The third-order valence-electron chi connectivity index (χ3n) is 4.16. The maximum absolute atomic E-state index is 12.2. The molecular formula is C18H29ClN2O. The average molecular weight is 325 g/mol. The second-order valence-corrected chi connectivity index (χ2v) is 6.74. The molecule has 1 heterocycles. The standard InChI is InChI=1S/C18H28N2O.ClH/c1-13(2)10-15-4-6-16(7-5-15)11-18(21)20-17-8-9-19-12-14(17)3;/h4-7,13-14,17,19H,8-12H2,1-3H3,(H,20,21);1H. The van der Waals surface area contributed by atoms with E-state index in [1.54, 1.807) is 0 Å². The number of nitrogens with one attached hydrogen (secondary N) is 2. The molecule has 0 radical (unpaired) electrons. The molecule has 2 N–H and O–H groups in total. The van der Waals surface area contributed by atoms with Crippen LogP contribution >= 0.6 is 12.4 Å². The Kier molecular flexibility index (Phi) is 7.91. The Morgan fingerprint density at radius 3 is 2.50 bits per heavy atom. The minimum absolute atomic E-state index is 0. The normalized spacial score (nSPS) is 21.3. The van der Waals surface area contributed by atoms with Crippen molar-refractivity contribution in [1.29, 1.82) is 0 Å². The summed E-state index contributed by atoms with van der Waals surface area (Å²) in [6.45, 7) is 8.63. The summed E-state index contributed by atoms with van der Waals surface area (Å²) in [5.41, 5.74) is 2.45. The molecular weight excluding hydrogens is 296 g/mol. The molecule has 1 amide bonds. The number of carbonyl (C=O) groups excluding carboxylic acids is 1. The molecule has 0 saturated carbocycles. The number of amides is 1. The highest BCUT2D eigenvalue weighted by Gasteiger charge is 2.22. The van der Waals surface area contributed by atoms with Crippen LogP contribution in [-0.2, 0) is 17.6 Å². The summed E-state index contributed by atoms with van der Waals surface area (Å²) < 4.78 is 0. The van der Waals surface area contributed by atoms with Crippen molar-refractivity contribution in [2.75, 3.05) is 13.1 Å². The lowest BCUT2D eigenvalue weighted by molar-refractivity contribution is -0.121. The second-order valence-electron chi connectivity index (χ2n) is 6.74. The first-order valence-corrected chi connectivity index (χ1v) is 8.12. The molecule has 3 nitrogen and oxygen atoms in total.